The van der Waals surface area contributed by atoms with E-state index < -0.39 is 0 Å². The number of hydrogen-bond acceptors (Lipinski definition) is 2. The molecule has 0 aliphatic heterocycles. The smallest absolute Gasteiger partial charge is 0.0545 e. The molecule has 2 aromatic rings. The average molecular weight is 280 g/mol. The molecule has 0 spiro atoms. The Bertz CT molecular complexity index is 466. The van der Waals surface area contributed by atoms with Gasteiger partial charge in [-0.15, -0.1) is 11.3 Å². The van der Waals surface area contributed by atoms with Crippen molar-refractivity contribution < 1.29 is 0 Å². The molecule has 96 valence electrons. The Morgan fingerprint density at radius 3 is 2.61 bits per heavy atom. The van der Waals surface area contributed by atoms with E-state index in [-0.39, 0.29) is 0 Å². The van der Waals surface area contributed by atoms with E-state index >= 15 is 0 Å². The van der Waals surface area contributed by atoms with Gasteiger partial charge in [0, 0.05) is 17.3 Å². The first-order valence-electron chi connectivity index (χ1n) is 6.28. The van der Waals surface area contributed by atoms with E-state index in [0.717, 1.165) is 24.5 Å². The van der Waals surface area contributed by atoms with E-state index in [0.29, 0.717) is 5.92 Å². The molecule has 1 unspecified atom stereocenters. The molecular weight excluding hydrogens is 262 g/mol. The van der Waals surface area contributed by atoms with Crippen molar-refractivity contribution in [2.75, 3.05) is 13.1 Å². The van der Waals surface area contributed by atoms with Crippen LogP contribution in [0.15, 0.2) is 41.8 Å². The van der Waals surface area contributed by atoms with E-state index in [1.807, 2.05) is 6.07 Å². The van der Waals surface area contributed by atoms with Crippen LogP contribution in [0.1, 0.15) is 23.3 Å². The van der Waals surface area contributed by atoms with Gasteiger partial charge in [0.25, 0.3) is 0 Å². The SMILES string of the molecule is CCNCC(Cc1sccc1Cl)c1ccccc1. The Kier molecular flexibility index (Phi) is 5.24. The zero-order valence-electron chi connectivity index (χ0n) is 10.5. The number of benzene rings is 1. The minimum Gasteiger partial charge on any atom is -0.316 e. The molecule has 18 heavy (non-hydrogen) atoms. The van der Waals surface area contributed by atoms with Gasteiger partial charge >= 0.3 is 0 Å². The van der Waals surface area contributed by atoms with Gasteiger partial charge in [-0.25, -0.2) is 0 Å². The molecule has 1 atom stereocenters. The van der Waals surface area contributed by atoms with Gasteiger partial charge in [0.05, 0.1) is 5.02 Å². The minimum atomic E-state index is 0.488. The fourth-order valence-electron chi connectivity index (χ4n) is 2.05. The van der Waals surface area contributed by atoms with Crippen LogP contribution in [-0.2, 0) is 6.42 Å². The number of rotatable bonds is 6. The molecular formula is C15H18ClNS. The second kappa shape index (κ2) is 6.93. The highest BCUT2D eigenvalue weighted by Crippen LogP contribution is 2.28. The molecule has 2 rings (SSSR count). The zero-order chi connectivity index (χ0) is 12.8. The van der Waals surface area contributed by atoms with Crippen LogP contribution in [0, 0.1) is 0 Å². The lowest BCUT2D eigenvalue weighted by Crippen LogP contribution is -2.22. The Hall–Kier alpha value is -0.830. The number of hydrogen-bond donors (Lipinski definition) is 1. The molecule has 1 aromatic heterocycles. The summed E-state index contributed by atoms with van der Waals surface area (Å²) in [6, 6.07) is 12.6. The first kappa shape index (κ1) is 13.6. The van der Waals surface area contributed by atoms with E-state index in [1.165, 1.54) is 10.4 Å². The fraction of sp³-hybridized carbons (Fsp3) is 0.333. The van der Waals surface area contributed by atoms with Crippen LogP contribution in [0.3, 0.4) is 0 Å². The van der Waals surface area contributed by atoms with Crippen LogP contribution in [0.25, 0.3) is 0 Å². The maximum atomic E-state index is 6.20. The lowest BCUT2D eigenvalue weighted by Gasteiger charge is -2.17. The molecule has 0 aliphatic carbocycles. The highest BCUT2D eigenvalue weighted by molar-refractivity contribution is 7.10. The lowest BCUT2D eigenvalue weighted by molar-refractivity contribution is 0.598. The summed E-state index contributed by atoms with van der Waals surface area (Å²) in [5.41, 5.74) is 1.38. The summed E-state index contributed by atoms with van der Waals surface area (Å²) >= 11 is 7.94. The lowest BCUT2D eigenvalue weighted by atomic mass is 9.95. The first-order chi connectivity index (χ1) is 8.81. The zero-order valence-corrected chi connectivity index (χ0v) is 12.1. The Labute approximate surface area is 118 Å². The van der Waals surface area contributed by atoms with Crippen molar-refractivity contribution in [3.05, 3.63) is 57.2 Å². The van der Waals surface area contributed by atoms with Gasteiger partial charge in [-0.3, -0.25) is 0 Å². The molecule has 0 amide bonds. The highest BCUT2D eigenvalue weighted by Gasteiger charge is 2.14. The van der Waals surface area contributed by atoms with Gasteiger partial charge < -0.3 is 5.32 Å². The molecule has 0 radical (unpaired) electrons. The van der Waals surface area contributed by atoms with Crippen LogP contribution < -0.4 is 5.32 Å². The molecule has 1 N–H and O–H groups in total. The molecule has 1 nitrogen and oxygen atoms in total. The molecule has 0 saturated carbocycles. The highest BCUT2D eigenvalue weighted by atomic mass is 35.5. The Morgan fingerprint density at radius 1 is 1.22 bits per heavy atom. The van der Waals surface area contributed by atoms with Crippen molar-refractivity contribution in [2.24, 2.45) is 0 Å². The fourth-order valence-corrected chi connectivity index (χ4v) is 3.24. The minimum absolute atomic E-state index is 0.488. The van der Waals surface area contributed by atoms with E-state index in [9.17, 15) is 0 Å². The number of thiophene rings is 1. The van der Waals surface area contributed by atoms with Crippen LogP contribution in [0.4, 0.5) is 0 Å². The predicted molar refractivity (Wildman–Crippen MR) is 80.8 cm³/mol. The summed E-state index contributed by atoms with van der Waals surface area (Å²) in [5, 5.41) is 6.40. The van der Waals surface area contributed by atoms with Gasteiger partial charge in [0.15, 0.2) is 0 Å². The molecule has 1 aromatic carbocycles. The van der Waals surface area contributed by atoms with E-state index in [1.54, 1.807) is 11.3 Å². The quantitative estimate of drug-likeness (QED) is 0.830. The molecule has 0 fully saturated rings. The van der Waals surface area contributed by atoms with E-state index in [4.69, 9.17) is 11.6 Å². The second-order valence-electron chi connectivity index (χ2n) is 4.31. The molecule has 0 bridgehead atoms. The standard InChI is InChI=1S/C15H18ClNS/c1-2-17-11-13(12-6-4-3-5-7-12)10-15-14(16)8-9-18-15/h3-9,13,17H,2,10-11H2,1H3. The number of nitrogens with one attached hydrogen (secondary N) is 1. The van der Waals surface area contributed by atoms with Crippen LogP contribution in [0.5, 0.6) is 0 Å². The maximum Gasteiger partial charge on any atom is 0.0545 e. The monoisotopic (exact) mass is 279 g/mol. The van der Waals surface area contributed by atoms with Crippen molar-refractivity contribution in [2.45, 2.75) is 19.3 Å². The third kappa shape index (κ3) is 3.58. The van der Waals surface area contributed by atoms with Gasteiger partial charge in [-0.1, -0.05) is 48.9 Å². The van der Waals surface area contributed by atoms with Gasteiger partial charge in [0.2, 0.25) is 0 Å². The van der Waals surface area contributed by atoms with Crippen LogP contribution >= 0.6 is 22.9 Å². The second-order valence-corrected chi connectivity index (χ2v) is 5.72. The topological polar surface area (TPSA) is 12.0 Å². The van der Waals surface area contributed by atoms with Crippen molar-refractivity contribution in [3.8, 4) is 0 Å². The maximum absolute atomic E-state index is 6.20. The van der Waals surface area contributed by atoms with E-state index in [2.05, 4.69) is 48.0 Å². The Morgan fingerprint density at radius 2 is 2.00 bits per heavy atom. The molecule has 0 aliphatic rings. The summed E-state index contributed by atoms with van der Waals surface area (Å²) in [6.45, 7) is 4.14. The predicted octanol–water partition coefficient (Wildman–Crippen LogP) is 4.34. The van der Waals surface area contributed by atoms with Crippen molar-refractivity contribution in [1.82, 2.24) is 5.32 Å². The number of halogens is 1. The Balaban J connectivity index is 2.13. The largest absolute Gasteiger partial charge is 0.316 e. The third-order valence-electron chi connectivity index (χ3n) is 3.03. The van der Waals surface area contributed by atoms with Gasteiger partial charge in [-0.05, 0) is 30.0 Å². The van der Waals surface area contributed by atoms with Gasteiger partial charge in [-0.2, -0.15) is 0 Å². The van der Waals surface area contributed by atoms with Crippen LogP contribution in [-0.4, -0.2) is 13.1 Å². The third-order valence-corrected chi connectivity index (χ3v) is 4.44. The first-order valence-corrected chi connectivity index (χ1v) is 7.54. The van der Waals surface area contributed by atoms with Crippen LogP contribution in [0.2, 0.25) is 5.02 Å². The molecule has 1 heterocycles. The summed E-state index contributed by atoms with van der Waals surface area (Å²) < 4.78 is 0. The summed E-state index contributed by atoms with van der Waals surface area (Å²) in [7, 11) is 0. The molecule has 3 heteroatoms. The molecule has 0 saturated heterocycles. The summed E-state index contributed by atoms with van der Waals surface area (Å²) in [6.07, 6.45) is 1.01. The normalized spacial score (nSPS) is 12.6. The summed E-state index contributed by atoms with van der Waals surface area (Å²) in [4.78, 5) is 1.28. The number of likely N-dealkylation sites (N-methyl/N-ethyl adjacent to an activating group) is 1. The van der Waals surface area contributed by atoms with Crippen molar-refractivity contribution in [3.63, 3.8) is 0 Å². The van der Waals surface area contributed by atoms with Gasteiger partial charge in [0.1, 0.15) is 0 Å². The van der Waals surface area contributed by atoms with Crippen molar-refractivity contribution in [1.29, 1.82) is 0 Å². The summed E-state index contributed by atoms with van der Waals surface area (Å²) in [5.74, 6) is 0.488. The average Bonchev–Trinajstić information content (AvgIpc) is 2.81. The van der Waals surface area contributed by atoms with Crippen molar-refractivity contribution >= 4 is 22.9 Å².